The molecule has 0 spiro atoms. The van der Waals surface area contributed by atoms with Crippen molar-refractivity contribution in [3.05, 3.63) is 60.2 Å². The van der Waals surface area contributed by atoms with E-state index < -0.39 is 0 Å². The number of hydrogen-bond acceptors (Lipinski definition) is 4. The Morgan fingerprint density at radius 1 is 1.00 bits per heavy atom. The Morgan fingerprint density at radius 2 is 1.68 bits per heavy atom. The zero-order chi connectivity index (χ0) is 20.6. The number of nitrogens with zero attached hydrogens (tertiary/aromatic N) is 3. The Labute approximate surface area is 202 Å². The number of rotatable bonds is 5. The Hall–Kier alpha value is -2.00. The number of aliphatic imine (C=N–C) groups is 1. The van der Waals surface area contributed by atoms with Gasteiger partial charge in [-0.05, 0) is 23.8 Å². The minimum Gasteiger partial charge on any atom is -0.490 e. The number of ether oxygens (including phenoxy) is 2. The normalized spacial score (nSPS) is 17.8. The van der Waals surface area contributed by atoms with Crippen molar-refractivity contribution in [2.75, 3.05) is 51.3 Å². The van der Waals surface area contributed by atoms with Gasteiger partial charge < -0.3 is 24.6 Å². The molecule has 31 heavy (non-hydrogen) atoms. The van der Waals surface area contributed by atoms with Crippen LogP contribution in [-0.4, -0.2) is 63.4 Å². The molecule has 2 aliphatic heterocycles. The molecule has 1 N–H and O–H groups in total. The highest BCUT2D eigenvalue weighted by molar-refractivity contribution is 14.0. The highest BCUT2D eigenvalue weighted by Crippen LogP contribution is 2.22. The van der Waals surface area contributed by atoms with Crippen molar-refractivity contribution in [3.8, 4) is 5.75 Å². The van der Waals surface area contributed by atoms with Crippen molar-refractivity contribution in [1.82, 2.24) is 10.2 Å². The number of piperidine rings is 1. The summed E-state index contributed by atoms with van der Waals surface area (Å²) in [6.07, 6.45) is 2.27. The van der Waals surface area contributed by atoms with Gasteiger partial charge in [-0.2, -0.15) is 0 Å². The summed E-state index contributed by atoms with van der Waals surface area (Å²) >= 11 is 0. The second-order valence-electron chi connectivity index (χ2n) is 7.75. The number of anilines is 1. The molecular formula is C24H33IN4O2. The molecule has 2 fully saturated rings. The van der Waals surface area contributed by atoms with Crippen molar-refractivity contribution in [2.24, 2.45) is 4.99 Å². The van der Waals surface area contributed by atoms with Crippen molar-refractivity contribution in [2.45, 2.75) is 25.5 Å². The molecule has 0 saturated carbocycles. The monoisotopic (exact) mass is 536 g/mol. The Bertz CT molecular complexity index is 819. The molecule has 2 heterocycles. The molecule has 7 heteroatoms. The molecular weight excluding hydrogens is 503 g/mol. The average molecular weight is 536 g/mol. The highest BCUT2D eigenvalue weighted by atomic mass is 127. The Kier molecular flexibility index (Phi) is 9.27. The molecule has 0 radical (unpaired) electrons. The highest BCUT2D eigenvalue weighted by Gasteiger charge is 2.23. The molecule has 0 atom stereocenters. The SMILES string of the molecule is CN=C(NCc1ccccc1N1CCOCC1)N1CCC(Oc2ccccc2)CC1.I. The number of guanidine groups is 1. The van der Waals surface area contributed by atoms with Gasteiger partial charge in [-0.3, -0.25) is 4.99 Å². The maximum absolute atomic E-state index is 6.13. The molecule has 2 aromatic rings. The topological polar surface area (TPSA) is 49.3 Å². The Morgan fingerprint density at radius 3 is 2.39 bits per heavy atom. The van der Waals surface area contributed by atoms with Gasteiger partial charge in [-0.15, -0.1) is 24.0 Å². The lowest BCUT2D eigenvalue weighted by Gasteiger charge is -2.35. The summed E-state index contributed by atoms with van der Waals surface area (Å²) < 4.78 is 11.6. The van der Waals surface area contributed by atoms with Gasteiger partial charge in [0.1, 0.15) is 11.9 Å². The van der Waals surface area contributed by atoms with Crippen LogP contribution < -0.4 is 15.0 Å². The fourth-order valence-electron chi connectivity index (χ4n) is 4.16. The van der Waals surface area contributed by atoms with Crippen LogP contribution in [0.5, 0.6) is 5.75 Å². The number of hydrogen-bond donors (Lipinski definition) is 1. The van der Waals surface area contributed by atoms with Crippen LogP contribution in [0.1, 0.15) is 18.4 Å². The van der Waals surface area contributed by atoms with E-state index in [0.717, 1.165) is 70.5 Å². The second-order valence-corrected chi connectivity index (χ2v) is 7.75. The molecule has 6 nitrogen and oxygen atoms in total. The van der Waals surface area contributed by atoms with Gasteiger partial charge in [-0.25, -0.2) is 0 Å². The van der Waals surface area contributed by atoms with Crippen LogP contribution >= 0.6 is 24.0 Å². The zero-order valence-corrected chi connectivity index (χ0v) is 20.5. The molecule has 4 rings (SSSR count). The Balaban J connectivity index is 0.00000272. The van der Waals surface area contributed by atoms with Gasteiger partial charge in [0.25, 0.3) is 0 Å². The summed E-state index contributed by atoms with van der Waals surface area (Å²) in [5.41, 5.74) is 2.58. The van der Waals surface area contributed by atoms with Gasteiger partial charge in [0.05, 0.1) is 13.2 Å². The number of nitrogens with one attached hydrogen (secondary N) is 1. The van der Waals surface area contributed by atoms with Crippen LogP contribution in [0.4, 0.5) is 5.69 Å². The maximum atomic E-state index is 6.13. The lowest BCUT2D eigenvalue weighted by Crippen LogP contribution is -2.47. The first-order chi connectivity index (χ1) is 14.8. The number of morpholine rings is 1. The van der Waals surface area contributed by atoms with Crippen molar-refractivity contribution < 1.29 is 9.47 Å². The maximum Gasteiger partial charge on any atom is 0.193 e. The van der Waals surface area contributed by atoms with E-state index in [2.05, 4.69) is 44.4 Å². The number of halogens is 1. The van der Waals surface area contributed by atoms with Gasteiger partial charge >= 0.3 is 0 Å². The van der Waals surface area contributed by atoms with Gasteiger partial charge in [0.15, 0.2) is 5.96 Å². The van der Waals surface area contributed by atoms with Crippen LogP contribution in [0.15, 0.2) is 59.6 Å². The first-order valence-corrected chi connectivity index (χ1v) is 10.9. The summed E-state index contributed by atoms with van der Waals surface area (Å²) in [6, 6.07) is 18.7. The molecule has 0 unspecified atom stereocenters. The molecule has 0 bridgehead atoms. The quantitative estimate of drug-likeness (QED) is 0.359. The van der Waals surface area contributed by atoms with Crippen LogP contribution in [0.2, 0.25) is 0 Å². The first kappa shape index (κ1) is 23.7. The number of para-hydroxylation sites is 2. The van der Waals surface area contributed by atoms with Crippen LogP contribution in [0.3, 0.4) is 0 Å². The average Bonchev–Trinajstić information content (AvgIpc) is 2.82. The molecule has 0 amide bonds. The summed E-state index contributed by atoms with van der Waals surface area (Å²) in [7, 11) is 1.86. The lowest BCUT2D eigenvalue weighted by atomic mass is 10.1. The molecule has 168 valence electrons. The molecule has 0 aromatic heterocycles. The number of likely N-dealkylation sites (tertiary alicyclic amines) is 1. The minimum absolute atomic E-state index is 0. The standard InChI is InChI=1S/C24H32N4O2.HI/c1-25-24(28-13-11-22(12-14-28)30-21-8-3-2-4-9-21)26-19-20-7-5-6-10-23(20)27-15-17-29-18-16-27;/h2-10,22H,11-19H2,1H3,(H,25,26);1H. The molecule has 2 aromatic carbocycles. The smallest absolute Gasteiger partial charge is 0.193 e. The van der Waals surface area contributed by atoms with Crippen LogP contribution in [-0.2, 0) is 11.3 Å². The van der Waals surface area contributed by atoms with Gasteiger partial charge in [-0.1, -0.05) is 36.4 Å². The number of benzene rings is 2. The molecule has 0 aliphatic carbocycles. The van der Waals surface area contributed by atoms with E-state index in [-0.39, 0.29) is 30.1 Å². The fraction of sp³-hybridized carbons (Fsp3) is 0.458. The molecule has 2 aliphatic rings. The van der Waals surface area contributed by atoms with E-state index in [4.69, 9.17) is 9.47 Å². The second kappa shape index (κ2) is 12.1. The van der Waals surface area contributed by atoms with E-state index in [0.29, 0.717) is 0 Å². The van der Waals surface area contributed by atoms with Crippen molar-refractivity contribution >= 4 is 35.6 Å². The summed E-state index contributed by atoms with van der Waals surface area (Å²) in [5, 5.41) is 3.58. The van der Waals surface area contributed by atoms with Crippen molar-refractivity contribution in [3.63, 3.8) is 0 Å². The minimum atomic E-state index is 0. The molecule has 2 saturated heterocycles. The fourth-order valence-corrected chi connectivity index (χ4v) is 4.16. The largest absolute Gasteiger partial charge is 0.490 e. The van der Waals surface area contributed by atoms with Crippen LogP contribution in [0.25, 0.3) is 0 Å². The third-order valence-electron chi connectivity index (χ3n) is 5.78. The third-order valence-corrected chi connectivity index (χ3v) is 5.78. The summed E-state index contributed by atoms with van der Waals surface area (Å²) in [6.45, 7) is 6.14. The van der Waals surface area contributed by atoms with E-state index in [1.807, 2.05) is 37.4 Å². The first-order valence-electron chi connectivity index (χ1n) is 10.9. The van der Waals surface area contributed by atoms with Gasteiger partial charge in [0, 0.05) is 58.3 Å². The lowest BCUT2D eigenvalue weighted by molar-refractivity contribution is 0.122. The predicted octanol–water partition coefficient (Wildman–Crippen LogP) is 3.76. The van der Waals surface area contributed by atoms with E-state index in [1.54, 1.807) is 0 Å². The summed E-state index contributed by atoms with van der Waals surface area (Å²) in [5.74, 6) is 1.92. The summed E-state index contributed by atoms with van der Waals surface area (Å²) in [4.78, 5) is 9.28. The zero-order valence-electron chi connectivity index (χ0n) is 18.2. The third kappa shape index (κ3) is 6.49. The van der Waals surface area contributed by atoms with Gasteiger partial charge in [0.2, 0.25) is 0 Å². The van der Waals surface area contributed by atoms with Crippen molar-refractivity contribution in [1.29, 1.82) is 0 Å². The van der Waals surface area contributed by atoms with E-state index >= 15 is 0 Å². The predicted molar refractivity (Wildman–Crippen MR) is 137 cm³/mol. The van der Waals surface area contributed by atoms with E-state index in [9.17, 15) is 0 Å². The van der Waals surface area contributed by atoms with Crippen LogP contribution in [0, 0.1) is 0 Å². The van der Waals surface area contributed by atoms with E-state index in [1.165, 1.54) is 11.3 Å².